The van der Waals surface area contributed by atoms with Gasteiger partial charge in [-0.05, 0) is 24.3 Å². The van der Waals surface area contributed by atoms with Crippen LogP contribution in [0.1, 0.15) is 0 Å². The number of ether oxygens (including phenoxy) is 1. The molecule has 31 heavy (non-hydrogen) atoms. The number of nitrogens with zero attached hydrogens (tertiary/aromatic N) is 2. The fourth-order valence-electron chi connectivity index (χ4n) is 2.53. The molecular weight excluding hydrogens is 430 g/mol. The lowest BCUT2D eigenvalue weighted by atomic mass is 10.1. The normalized spacial score (nSPS) is 11.3. The van der Waals surface area contributed by atoms with E-state index in [1.165, 1.54) is 18.2 Å². The van der Waals surface area contributed by atoms with Gasteiger partial charge in [-0.1, -0.05) is 12.1 Å². The molecule has 2 aromatic carbocycles. The summed E-state index contributed by atoms with van der Waals surface area (Å²) in [6.45, 7) is -0.277. The van der Waals surface area contributed by atoms with E-state index in [9.17, 15) is 26.3 Å². The van der Waals surface area contributed by atoms with Crippen LogP contribution in [-0.4, -0.2) is 34.6 Å². The van der Waals surface area contributed by atoms with Crippen LogP contribution in [0.5, 0.6) is 5.75 Å². The molecule has 0 unspecified atom stereocenters. The molecule has 0 fully saturated rings. The molecule has 12 heteroatoms. The first-order valence-corrected chi connectivity index (χ1v) is 8.67. The maximum Gasteiger partial charge on any atom is 0.573 e. The summed E-state index contributed by atoms with van der Waals surface area (Å²) in [6, 6.07) is 7.37. The SMILES string of the molecule is OCCNc1nc(Nc2c(F)ccc(F)c2F)cc(-c2cccc(OC(F)(F)F)c2)n1. The summed E-state index contributed by atoms with van der Waals surface area (Å²) in [7, 11) is 0. The van der Waals surface area contributed by atoms with Crippen molar-refractivity contribution in [2.24, 2.45) is 0 Å². The van der Waals surface area contributed by atoms with Crippen LogP contribution in [0.2, 0.25) is 0 Å². The second-order valence-corrected chi connectivity index (χ2v) is 6.03. The number of halogens is 6. The van der Waals surface area contributed by atoms with E-state index in [0.29, 0.717) is 12.1 Å². The zero-order chi connectivity index (χ0) is 22.6. The fraction of sp³-hybridized carbons (Fsp3) is 0.158. The predicted molar refractivity (Wildman–Crippen MR) is 99.3 cm³/mol. The Balaban J connectivity index is 2.02. The van der Waals surface area contributed by atoms with E-state index >= 15 is 0 Å². The molecular formula is C19H14F6N4O2. The van der Waals surface area contributed by atoms with Crippen molar-refractivity contribution in [3.8, 4) is 17.0 Å². The van der Waals surface area contributed by atoms with Crippen LogP contribution in [0, 0.1) is 17.5 Å². The van der Waals surface area contributed by atoms with Gasteiger partial charge in [0.15, 0.2) is 11.6 Å². The highest BCUT2D eigenvalue weighted by atomic mass is 19.4. The minimum absolute atomic E-state index is 0.0167. The van der Waals surface area contributed by atoms with Crippen LogP contribution < -0.4 is 15.4 Å². The number of rotatable bonds is 7. The van der Waals surface area contributed by atoms with Gasteiger partial charge in [-0.25, -0.2) is 18.2 Å². The third kappa shape index (κ3) is 5.75. The topological polar surface area (TPSA) is 79.3 Å². The van der Waals surface area contributed by atoms with Crippen molar-refractivity contribution < 1.29 is 36.2 Å². The monoisotopic (exact) mass is 444 g/mol. The van der Waals surface area contributed by atoms with Gasteiger partial charge >= 0.3 is 6.36 Å². The lowest BCUT2D eigenvalue weighted by Crippen LogP contribution is -2.17. The van der Waals surface area contributed by atoms with Gasteiger partial charge in [0.25, 0.3) is 0 Å². The number of hydrogen-bond donors (Lipinski definition) is 3. The van der Waals surface area contributed by atoms with Gasteiger partial charge in [-0.2, -0.15) is 4.98 Å². The molecule has 0 aliphatic rings. The minimum Gasteiger partial charge on any atom is -0.406 e. The van der Waals surface area contributed by atoms with Gasteiger partial charge in [0.1, 0.15) is 23.1 Å². The van der Waals surface area contributed by atoms with Crippen LogP contribution >= 0.6 is 0 Å². The highest BCUT2D eigenvalue weighted by Crippen LogP contribution is 2.30. The van der Waals surface area contributed by atoms with Crippen LogP contribution in [0.3, 0.4) is 0 Å². The molecule has 0 saturated carbocycles. The van der Waals surface area contributed by atoms with Crippen molar-refractivity contribution in [2.45, 2.75) is 6.36 Å². The lowest BCUT2D eigenvalue weighted by molar-refractivity contribution is -0.274. The molecule has 164 valence electrons. The number of alkyl halides is 3. The van der Waals surface area contributed by atoms with E-state index in [1.807, 2.05) is 0 Å². The van der Waals surface area contributed by atoms with E-state index < -0.39 is 35.3 Å². The Labute approximate surface area is 171 Å². The highest BCUT2D eigenvalue weighted by molar-refractivity contribution is 5.68. The number of hydrogen-bond acceptors (Lipinski definition) is 6. The van der Waals surface area contributed by atoms with Gasteiger partial charge in [-0.3, -0.25) is 0 Å². The fourth-order valence-corrected chi connectivity index (χ4v) is 2.53. The second kappa shape index (κ2) is 9.08. The minimum atomic E-state index is -4.91. The van der Waals surface area contributed by atoms with Crippen LogP contribution in [-0.2, 0) is 0 Å². The smallest absolute Gasteiger partial charge is 0.406 e. The standard InChI is InChI=1S/C19H14F6N4O2/c20-12-4-5-13(21)17(16(12)22)28-15-9-14(27-18(29-15)26-6-7-30)10-2-1-3-11(8-10)31-19(23,24)25/h1-5,8-9,30H,6-7H2,(H2,26,27,28,29). The predicted octanol–water partition coefficient (Wildman–Crippen LogP) is 4.61. The van der Waals surface area contributed by atoms with E-state index in [-0.39, 0.29) is 36.2 Å². The molecule has 3 rings (SSSR count). The summed E-state index contributed by atoms with van der Waals surface area (Å²) >= 11 is 0. The summed E-state index contributed by atoms with van der Waals surface area (Å²) in [4.78, 5) is 8.09. The molecule has 6 nitrogen and oxygen atoms in total. The van der Waals surface area contributed by atoms with Crippen molar-refractivity contribution >= 4 is 17.5 Å². The van der Waals surface area contributed by atoms with Gasteiger partial charge in [0, 0.05) is 18.2 Å². The number of anilines is 3. The van der Waals surface area contributed by atoms with E-state index in [1.54, 1.807) is 0 Å². The first-order valence-electron chi connectivity index (χ1n) is 8.67. The summed E-state index contributed by atoms with van der Waals surface area (Å²) in [5.74, 6) is -4.67. The van der Waals surface area contributed by atoms with Crippen molar-refractivity contribution in [3.63, 3.8) is 0 Å². The maximum atomic E-state index is 14.0. The Hall–Kier alpha value is -3.54. The average Bonchev–Trinajstić information content (AvgIpc) is 2.71. The molecule has 0 aliphatic heterocycles. The van der Waals surface area contributed by atoms with Crippen LogP contribution in [0.25, 0.3) is 11.3 Å². The Bertz CT molecular complexity index is 1080. The van der Waals surface area contributed by atoms with E-state index in [0.717, 1.165) is 12.1 Å². The zero-order valence-electron chi connectivity index (χ0n) is 15.5. The number of nitrogens with one attached hydrogen (secondary N) is 2. The number of aliphatic hydroxyl groups excluding tert-OH is 1. The Kier molecular flexibility index (Phi) is 6.49. The Morgan fingerprint density at radius 3 is 2.42 bits per heavy atom. The second-order valence-electron chi connectivity index (χ2n) is 6.03. The molecule has 0 aliphatic carbocycles. The molecule has 3 aromatic rings. The van der Waals surface area contributed by atoms with Gasteiger partial charge in [0.2, 0.25) is 5.95 Å². The highest BCUT2D eigenvalue weighted by Gasteiger charge is 2.31. The molecule has 0 radical (unpaired) electrons. The van der Waals surface area contributed by atoms with Crippen molar-refractivity contribution in [1.29, 1.82) is 0 Å². The van der Waals surface area contributed by atoms with Crippen LogP contribution in [0.4, 0.5) is 43.8 Å². The third-order valence-corrected chi connectivity index (χ3v) is 3.78. The van der Waals surface area contributed by atoms with Crippen molar-refractivity contribution in [2.75, 3.05) is 23.8 Å². The van der Waals surface area contributed by atoms with Gasteiger partial charge in [-0.15, -0.1) is 13.2 Å². The third-order valence-electron chi connectivity index (χ3n) is 3.78. The van der Waals surface area contributed by atoms with E-state index in [2.05, 4.69) is 25.3 Å². The first-order chi connectivity index (χ1) is 14.7. The first kappa shape index (κ1) is 22.2. The van der Waals surface area contributed by atoms with Gasteiger partial charge in [0.05, 0.1) is 12.3 Å². The van der Waals surface area contributed by atoms with Crippen molar-refractivity contribution in [1.82, 2.24) is 9.97 Å². The lowest BCUT2D eigenvalue weighted by Gasteiger charge is -2.13. The maximum absolute atomic E-state index is 14.0. The molecule has 3 N–H and O–H groups in total. The molecule has 0 spiro atoms. The zero-order valence-corrected chi connectivity index (χ0v) is 15.5. The summed E-state index contributed by atoms with van der Waals surface area (Å²) in [6.07, 6.45) is -4.91. The summed E-state index contributed by atoms with van der Waals surface area (Å²) in [5, 5.41) is 13.9. The molecule has 1 aromatic heterocycles. The Morgan fingerprint density at radius 2 is 1.71 bits per heavy atom. The average molecular weight is 444 g/mol. The van der Waals surface area contributed by atoms with Gasteiger partial charge < -0.3 is 20.5 Å². The molecule has 0 bridgehead atoms. The van der Waals surface area contributed by atoms with Crippen molar-refractivity contribution in [3.05, 3.63) is 59.9 Å². The molecule has 1 heterocycles. The number of aromatic nitrogens is 2. The van der Waals surface area contributed by atoms with Crippen LogP contribution in [0.15, 0.2) is 42.5 Å². The summed E-state index contributed by atoms with van der Waals surface area (Å²) < 4.78 is 82.8. The van der Waals surface area contributed by atoms with E-state index in [4.69, 9.17) is 5.11 Å². The largest absolute Gasteiger partial charge is 0.573 e. The summed E-state index contributed by atoms with van der Waals surface area (Å²) in [5.41, 5.74) is -0.589. The Morgan fingerprint density at radius 1 is 0.968 bits per heavy atom. The number of benzene rings is 2. The molecule has 0 saturated heterocycles. The quantitative estimate of drug-likeness (QED) is 0.365. The number of aliphatic hydroxyl groups is 1. The molecule has 0 amide bonds. The molecule has 0 atom stereocenters.